The van der Waals surface area contributed by atoms with E-state index in [9.17, 15) is 4.79 Å². The van der Waals surface area contributed by atoms with E-state index in [-0.39, 0.29) is 0 Å². The minimum absolute atomic E-state index is 0.431. The number of carboxylic acid groups (broad SMARTS) is 1. The Morgan fingerprint density at radius 2 is 1.08 bits per heavy atom. The third-order valence-electron chi connectivity index (χ3n) is 4.58. The Morgan fingerprint density at radius 1 is 0.720 bits per heavy atom. The second-order valence-corrected chi connectivity index (χ2v) is 10.0. The van der Waals surface area contributed by atoms with Gasteiger partial charge >= 0.3 is 6.09 Å². The van der Waals surface area contributed by atoms with Crippen LogP contribution >= 0.6 is 0 Å². The standard InChI is InChI=1S/C21H21NO2Si/c23-21(24)22-16-17-25(18-10-4-1-5-11-18,19-12-6-2-7-13-19)20-14-8-3-9-15-20/h1-15,22H,16-17H2,(H,23,24). The van der Waals surface area contributed by atoms with Crippen LogP contribution in [0.3, 0.4) is 0 Å². The van der Waals surface area contributed by atoms with Crippen LogP contribution in [0.4, 0.5) is 4.79 Å². The summed E-state index contributed by atoms with van der Waals surface area (Å²) < 4.78 is 0. The topological polar surface area (TPSA) is 49.3 Å². The molecular weight excluding hydrogens is 326 g/mol. The Kier molecular flexibility index (Phi) is 5.31. The van der Waals surface area contributed by atoms with Gasteiger partial charge in [0.1, 0.15) is 8.07 Å². The van der Waals surface area contributed by atoms with Crippen molar-refractivity contribution in [2.45, 2.75) is 6.04 Å². The molecule has 0 atom stereocenters. The number of amides is 1. The summed E-state index contributed by atoms with van der Waals surface area (Å²) in [6, 6.07) is 32.3. The highest BCUT2D eigenvalue weighted by atomic mass is 28.3. The van der Waals surface area contributed by atoms with Gasteiger partial charge in [0.05, 0.1) is 0 Å². The average molecular weight is 347 g/mol. The van der Waals surface area contributed by atoms with Crippen LogP contribution in [0.1, 0.15) is 0 Å². The van der Waals surface area contributed by atoms with E-state index < -0.39 is 14.2 Å². The Balaban J connectivity index is 2.18. The van der Waals surface area contributed by atoms with Gasteiger partial charge < -0.3 is 10.4 Å². The van der Waals surface area contributed by atoms with Crippen molar-refractivity contribution in [2.24, 2.45) is 0 Å². The molecule has 3 rings (SSSR count). The SMILES string of the molecule is O=C(O)NCC[Si](c1ccccc1)(c1ccccc1)c1ccccc1. The second kappa shape index (κ2) is 7.81. The van der Waals surface area contributed by atoms with E-state index in [1.807, 2.05) is 18.2 Å². The zero-order valence-corrected chi connectivity index (χ0v) is 14.9. The number of nitrogens with one attached hydrogen (secondary N) is 1. The van der Waals surface area contributed by atoms with E-state index in [2.05, 4.69) is 78.1 Å². The van der Waals surface area contributed by atoms with Crippen molar-refractivity contribution >= 4 is 29.7 Å². The Labute approximate surface area is 149 Å². The lowest BCUT2D eigenvalue weighted by Crippen LogP contribution is -2.67. The van der Waals surface area contributed by atoms with E-state index in [0.29, 0.717) is 6.54 Å². The lowest BCUT2D eigenvalue weighted by Gasteiger charge is -2.33. The fraction of sp³-hybridized carbons (Fsp3) is 0.0952. The van der Waals surface area contributed by atoms with E-state index in [1.165, 1.54) is 15.6 Å². The molecule has 0 fully saturated rings. The summed E-state index contributed by atoms with van der Waals surface area (Å²) in [5.74, 6) is 0. The summed E-state index contributed by atoms with van der Waals surface area (Å²) in [7, 11) is -2.32. The molecule has 3 nitrogen and oxygen atoms in total. The monoisotopic (exact) mass is 347 g/mol. The predicted molar refractivity (Wildman–Crippen MR) is 105 cm³/mol. The first kappa shape index (κ1) is 17.0. The molecular formula is C21H21NO2Si. The lowest BCUT2D eigenvalue weighted by molar-refractivity contribution is 0.195. The van der Waals surface area contributed by atoms with Gasteiger partial charge in [0.2, 0.25) is 0 Å². The van der Waals surface area contributed by atoms with Gasteiger partial charge in [-0.15, -0.1) is 0 Å². The molecule has 25 heavy (non-hydrogen) atoms. The zero-order chi connectivity index (χ0) is 17.5. The molecule has 2 N–H and O–H groups in total. The summed E-state index contributed by atoms with van der Waals surface area (Å²) in [5.41, 5.74) is 0. The minimum Gasteiger partial charge on any atom is -0.465 e. The zero-order valence-electron chi connectivity index (χ0n) is 13.9. The van der Waals surface area contributed by atoms with Crippen LogP contribution < -0.4 is 20.9 Å². The van der Waals surface area contributed by atoms with Gasteiger partial charge in [0.25, 0.3) is 0 Å². The van der Waals surface area contributed by atoms with Crippen molar-refractivity contribution < 1.29 is 9.90 Å². The van der Waals surface area contributed by atoms with Crippen LogP contribution in [-0.4, -0.2) is 25.8 Å². The number of hydrogen-bond donors (Lipinski definition) is 2. The molecule has 0 spiro atoms. The fourth-order valence-electron chi connectivity index (χ4n) is 3.46. The molecule has 0 aromatic heterocycles. The van der Waals surface area contributed by atoms with Gasteiger partial charge in [-0.05, 0) is 21.6 Å². The summed E-state index contributed by atoms with van der Waals surface area (Å²) in [4.78, 5) is 11.0. The Hall–Kier alpha value is -2.85. The molecule has 0 bridgehead atoms. The summed E-state index contributed by atoms with van der Waals surface area (Å²) in [5, 5.41) is 15.5. The third kappa shape index (κ3) is 3.64. The second-order valence-electron chi connectivity index (χ2n) is 5.99. The predicted octanol–water partition coefficient (Wildman–Crippen LogP) is 2.42. The number of hydrogen-bond acceptors (Lipinski definition) is 1. The van der Waals surface area contributed by atoms with Crippen molar-refractivity contribution in [3.05, 3.63) is 91.0 Å². The highest BCUT2D eigenvalue weighted by Gasteiger charge is 2.38. The van der Waals surface area contributed by atoms with Gasteiger partial charge in [-0.3, -0.25) is 0 Å². The van der Waals surface area contributed by atoms with Crippen molar-refractivity contribution in [3.63, 3.8) is 0 Å². The number of benzene rings is 3. The van der Waals surface area contributed by atoms with E-state index >= 15 is 0 Å². The molecule has 0 saturated carbocycles. The third-order valence-corrected chi connectivity index (χ3v) is 9.53. The molecule has 3 aromatic rings. The summed E-state index contributed by atoms with van der Waals surface area (Å²) in [6.45, 7) is 0.431. The highest BCUT2D eigenvalue weighted by Crippen LogP contribution is 2.12. The maximum atomic E-state index is 11.0. The maximum Gasteiger partial charge on any atom is 0.404 e. The van der Waals surface area contributed by atoms with Crippen molar-refractivity contribution in [3.8, 4) is 0 Å². The number of rotatable bonds is 6. The van der Waals surface area contributed by atoms with Crippen LogP contribution in [0.25, 0.3) is 0 Å². The molecule has 3 aromatic carbocycles. The van der Waals surface area contributed by atoms with Crippen molar-refractivity contribution in [2.75, 3.05) is 6.54 Å². The molecule has 0 aliphatic rings. The van der Waals surface area contributed by atoms with Crippen LogP contribution in [0.5, 0.6) is 0 Å². The molecule has 0 unspecified atom stereocenters. The van der Waals surface area contributed by atoms with Gasteiger partial charge in [-0.1, -0.05) is 91.0 Å². The Bertz CT molecular complexity index is 710. The maximum absolute atomic E-state index is 11.0. The van der Waals surface area contributed by atoms with Gasteiger partial charge in [0.15, 0.2) is 0 Å². The van der Waals surface area contributed by atoms with Gasteiger partial charge in [0, 0.05) is 6.54 Å². The lowest BCUT2D eigenvalue weighted by atomic mass is 10.3. The first-order valence-corrected chi connectivity index (χ1v) is 10.6. The number of carbonyl (C=O) groups is 1. The normalized spacial score (nSPS) is 11.0. The average Bonchev–Trinajstić information content (AvgIpc) is 2.67. The first-order valence-electron chi connectivity index (χ1n) is 8.37. The quantitative estimate of drug-likeness (QED) is 0.531. The molecule has 0 aliphatic heterocycles. The molecule has 0 aliphatic carbocycles. The minimum atomic E-state index is -2.32. The van der Waals surface area contributed by atoms with E-state index in [0.717, 1.165) is 6.04 Å². The molecule has 0 heterocycles. The first-order chi connectivity index (χ1) is 12.2. The van der Waals surface area contributed by atoms with Gasteiger partial charge in [-0.25, -0.2) is 4.79 Å². The van der Waals surface area contributed by atoms with E-state index in [1.54, 1.807) is 0 Å². The van der Waals surface area contributed by atoms with E-state index in [4.69, 9.17) is 5.11 Å². The van der Waals surface area contributed by atoms with Crippen LogP contribution in [0, 0.1) is 0 Å². The smallest absolute Gasteiger partial charge is 0.404 e. The summed E-state index contributed by atoms with van der Waals surface area (Å²) >= 11 is 0. The van der Waals surface area contributed by atoms with Crippen LogP contribution in [0.15, 0.2) is 91.0 Å². The largest absolute Gasteiger partial charge is 0.465 e. The van der Waals surface area contributed by atoms with Crippen molar-refractivity contribution in [1.82, 2.24) is 5.32 Å². The van der Waals surface area contributed by atoms with Gasteiger partial charge in [-0.2, -0.15) is 0 Å². The molecule has 126 valence electrons. The highest BCUT2D eigenvalue weighted by molar-refractivity contribution is 7.11. The fourth-order valence-corrected chi connectivity index (χ4v) is 8.11. The molecule has 1 amide bonds. The summed E-state index contributed by atoms with van der Waals surface area (Å²) in [6.07, 6.45) is -0.975. The molecule has 0 saturated heterocycles. The van der Waals surface area contributed by atoms with Crippen LogP contribution in [0.2, 0.25) is 6.04 Å². The van der Waals surface area contributed by atoms with Crippen LogP contribution in [-0.2, 0) is 0 Å². The molecule has 4 heteroatoms. The van der Waals surface area contributed by atoms with Crippen molar-refractivity contribution in [1.29, 1.82) is 0 Å². The molecule has 0 radical (unpaired) electrons. The Morgan fingerprint density at radius 3 is 1.40 bits per heavy atom.